The summed E-state index contributed by atoms with van der Waals surface area (Å²) in [5, 5.41) is 2.89. The van der Waals surface area contributed by atoms with Crippen LogP contribution in [0.3, 0.4) is 0 Å². The molecule has 6 nitrogen and oxygen atoms in total. The number of carbonyl (C=O) groups is 2. The Kier molecular flexibility index (Phi) is 6.62. The van der Waals surface area contributed by atoms with E-state index in [1.165, 1.54) is 12.1 Å². The minimum absolute atomic E-state index is 0.0260. The highest BCUT2D eigenvalue weighted by molar-refractivity contribution is 5.83. The molecule has 1 atom stereocenters. The number of nitrogens with one attached hydrogen (secondary N) is 2. The van der Waals surface area contributed by atoms with Crippen LogP contribution in [0, 0.1) is 11.6 Å². The van der Waals surface area contributed by atoms with E-state index in [0.717, 1.165) is 31.9 Å². The van der Waals surface area contributed by atoms with Crippen molar-refractivity contribution in [2.45, 2.75) is 44.8 Å². The molecular weight excluding hydrogens is 318 g/mol. The summed E-state index contributed by atoms with van der Waals surface area (Å²) in [5.74, 6) is 2.59. The summed E-state index contributed by atoms with van der Waals surface area (Å²) in [6.07, 6.45) is 2.63. The molecule has 2 amide bonds. The van der Waals surface area contributed by atoms with Crippen molar-refractivity contribution in [3.05, 3.63) is 35.4 Å². The maximum Gasteiger partial charge on any atom is 0.234 e. The summed E-state index contributed by atoms with van der Waals surface area (Å²) >= 11 is 0. The smallest absolute Gasteiger partial charge is 0.234 e. The first-order chi connectivity index (χ1) is 11.5. The van der Waals surface area contributed by atoms with E-state index < -0.39 is 17.5 Å². The van der Waals surface area contributed by atoms with Gasteiger partial charge in [0.25, 0.3) is 0 Å². The topological polar surface area (TPSA) is 87.5 Å². The lowest BCUT2D eigenvalue weighted by molar-refractivity contribution is -0.127. The van der Waals surface area contributed by atoms with Crippen molar-refractivity contribution in [2.24, 2.45) is 5.84 Å². The first-order valence-corrected chi connectivity index (χ1v) is 7.96. The number of carbonyl (C=O) groups excluding carboxylic acids is 2. The van der Waals surface area contributed by atoms with E-state index in [1.807, 2.05) is 10.3 Å². The molecule has 1 aliphatic rings. The highest BCUT2D eigenvalue weighted by Crippen LogP contribution is 2.19. The number of hydrogen-bond acceptors (Lipinski definition) is 4. The average Bonchev–Trinajstić information content (AvgIpc) is 2.57. The van der Waals surface area contributed by atoms with Gasteiger partial charge in [-0.3, -0.25) is 19.9 Å². The molecule has 2 rings (SSSR count). The molecule has 24 heavy (non-hydrogen) atoms. The zero-order valence-electron chi connectivity index (χ0n) is 13.4. The lowest BCUT2D eigenvalue weighted by atomic mass is 10.1. The Labute approximate surface area is 139 Å². The average molecular weight is 340 g/mol. The van der Waals surface area contributed by atoms with Crippen LogP contribution in [0.1, 0.15) is 37.7 Å². The molecule has 1 saturated heterocycles. The van der Waals surface area contributed by atoms with Crippen LogP contribution >= 0.6 is 0 Å². The number of likely N-dealkylation sites (tertiary alicyclic amines) is 1. The Balaban J connectivity index is 1.93. The van der Waals surface area contributed by atoms with Gasteiger partial charge >= 0.3 is 0 Å². The molecule has 8 heteroatoms. The van der Waals surface area contributed by atoms with Crippen LogP contribution in [-0.2, 0) is 16.1 Å². The van der Waals surface area contributed by atoms with Crippen molar-refractivity contribution in [3.8, 4) is 0 Å². The Morgan fingerprint density at radius 1 is 1.17 bits per heavy atom. The summed E-state index contributed by atoms with van der Waals surface area (Å²) in [5.41, 5.74) is 2.63. The normalized spacial score (nSPS) is 18.2. The standard InChI is InChI=1S/C16H22F2N4O2/c17-12-5-4-11(9-13(12)18)10-22-8-2-1-3-14(22)20-15(23)6-7-16(24)21-19/h4-5,9,14H,1-3,6-8,10,19H2,(H,20,23)(H,21,24). The van der Waals surface area contributed by atoms with Gasteiger partial charge in [-0.05, 0) is 37.0 Å². The number of hydrogen-bond donors (Lipinski definition) is 3. The second-order valence-electron chi connectivity index (χ2n) is 5.87. The van der Waals surface area contributed by atoms with Gasteiger partial charge in [0.1, 0.15) is 0 Å². The zero-order valence-corrected chi connectivity index (χ0v) is 13.4. The van der Waals surface area contributed by atoms with E-state index in [2.05, 4.69) is 5.32 Å². The van der Waals surface area contributed by atoms with Gasteiger partial charge in [-0.2, -0.15) is 0 Å². The molecular formula is C16H22F2N4O2. The summed E-state index contributed by atoms with van der Waals surface area (Å²) in [6, 6.07) is 3.82. The first kappa shape index (κ1) is 18.3. The number of rotatable bonds is 6. The van der Waals surface area contributed by atoms with E-state index >= 15 is 0 Å². The summed E-state index contributed by atoms with van der Waals surface area (Å²) in [7, 11) is 0. The summed E-state index contributed by atoms with van der Waals surface area (Å²) in [4.78, 5) is 25.1. The molecule has 1 fully saturated rings. The van der Waals surface area contributed by atoms with Crippen molar-refractivity contribution >= 4 is 11.8 Å². The zero-order chi connectivity index (χ0) is 17.5. The van der Waals surface area contributed by atoms with Crippen molar-refractivity contribution < 1.29 is 18.4 Å². The van der Waals surface area contributed by atoms with Crippen molar-refractivity contribution in [3.63, 3.8) is 0 Å². The number of halogens is 2. The van der Waals surface area contributed by atoms with Gasteiger partial charge < -0.3 is 5.32 Å². The third-order valence-corrected chi connectivity index (χ3v) is 4.05. The Morgan fingerprint density at radius 2 is 1.92 bits per heavy atom. The highest BCUT2D eigenvalue weighted by Gasteiger charge is 2.24. The van der Waals surface area contributed by atoms with E-state index in [-0.39, 0.29) is 24.9 Å². The van der Waals surface area contributed by atoms with Crippen molar-refractivity contribution in [1.29, 1.82) is 0 Å². The number of nitrogens with two attached hydrogens (primary N) is 1. The molecule has 0 saturated carbocycles. The Bertz CT molecular complexity index is 597. The highest BCUT2D eigenvalue weighted by atomic mass is 19.2. The molecule has 1 heterocycles. The number of benzene rings is 1. The van der Waals surface area contributed by atoms with Crippen LogP contribution in [0.25, 0.3) is 0 Å². The number of hydrazine groups is 1. The molecule has 0 radical (unpaired) electrons. The van der Waals surface area contributed by atoms with Gasteiger partial charge in [0, 0.05) is 25.9 Å². The number of piperidine rings is 1. The summed E-state index contributed by atoms with van der Waals surface area (Å²) < 4.78 is 26.4. The van der Waals surface area contributed by atoms with Gasteiger partial charge in [0.2, 0.25) is 11.8 Å². The molecule has 0 aromatic heterocycles. The Hall–Kier alpha value is -2.06. The SMILES string of the molecule is NNC(=O)CCC(=O)NC1CCCCN1Cc1ccc(F)c(F)c1. The van der Waals surface area contributed by atoms with Crippen molar-refractivity contribution in [1.82, 2.24) is 15.6 Å². The Morgan fingerprint density at radius 3 is 2.62 bits per heavy atom. The maximum absolute atomic E-state index is 13.3. The second kappa shape index (κ2) is 8.70. The van der Waals surface area contributed by atoms with Gasteiger partial charge in [0.05, 0.1) is 6.17 Å². The fourth-order valence-electron chi connectivity index (χ4n) is 2.77. The van der Waals surface area contributed by atoms with Crippen LogP contribution in [0.5, 0.6) is 0 Å². The van der Waals surface area contributed by atoms with E-state index in [9.17, 15) is 18.4 Å². The fourth-order valence-corrected chi connectivity index (χ4v) is 2.77. The molecule has 132 valence electrons. The minimum Gasteiger partial charge on any atom is -0.341 e. The van der Waals surface area contributed by atoms with Gasteiger partial charge in [0.15, 0.2) is 11.6 Å². The van der Waals surface area contributed by atoms with E-state index in [1.54, 1.807) is 0 Å². The number of amides is 2. The van der Waals surface area contributed by atoms with Crippen LogP contribution < -0.4 is 16.6 Å². The molecule has 0 aliphatic carbocycles. The second-order valence-corrected chi connectivity index (χ2v) is 5.87. The van der Waals surface area contributed by atoms with Crippen LogP contribution in [0.2, 0.25) is 0 Å². The molecule has 4 N–H and O–H groups in total. The third kappa shape index (κ3) is 5.24. The predicted octanol–water partition coefficient (Wildman–Crippen LogP) is 1.16. The summed E-state index contributed by atoms with van der Waals surface area (Å²) in [6.45, 7) is 1.18. The maximum atomic E-state index is 13.3. The quantitative estimate of drug-likeness (QED) is 0.412. The molecule has 0 spiro atoms. The molecule has 1 aromatic carbocycles. The van der Waals surface area contributed by atoms with Crippen molar-refractivity contribution in [2.75, 3.05) is 6.54 Å². The van der Waals surface area contributed by atoms with E-state index in [4.69, 9.17) is 5.84 Å². The van der Waals surface area contributed by atoms with Gasteiger partial charge in [-0.25, -0.2) is 14.6 Å². The largest absolute Gasteiger partial charge is 0.341 e. The molecule has 1 unspecified atom stereocenters. The lowest BCUT2D eigenvalue weighted by Gasteiger charge is -2.36. The monoisotopic (exact) mass is 340 g/mol. The van der Waals surface area contributed by atoms with Gasteiger partial charge in [-0.15, -0.1) is 0 Å². The molecule has 1 aliphatic heterocycles. The lowest BCUT2D eigenvalue weighted by Crippen LogP contribution is -2.50. The van der Waals surface area contributed by atoms with Crippen LogP contribution in [0.4, 0.5) is 8.78 Å². The van der Waals surface area contributed by atoms with Crippen LogP contribution in [0.15, 0.2) is 18.2 Å². The minimum atomic E-state index is -0.877. The third-order valence-electron chi connectivity index (χ3n) is 4.05. The molecule has 0 bridgehead atoms. The van der Waals surface area contributed by atoms with Crippen LogP contribution in [-0.4, -0.2) is 29.4 Å². The predicted molar refractivity (Wildman–Crippen MR) is 84.1 cm³/mol. The molecule has 1 aromatic rings. The number of nitrogens with zero attached hydrogens (tertiary/aromatic N) is 1. The fraction of sp³-hybridized carbons (Fsp3) is 0.500. The van der Waals surface area contributed by atoms with Gasteiger partial charge in [-0.1, -0.05) is 6.07 Å². The van der Waals surface area contributed by atoms with E-state index in [0.29, 0.717) is 12.1 Å². The first-order valence-electron chi connectivity index (χ1n) is 7.96.